The molecule has 3 nitrogen and oxygen atoms in total. The van der Waals surface area contributed by atoms with E-state index in [1.54, 1.807) is 0 Å². The van der Waals surface area contributed by atoms with Gasteiger partial charge >= 0.3 is 0 Å². The number of hydrogen-bond donors (Lipinski definition) is 0. The summed E-state index contributed by atoms with van der Waals surface area (Å²) in [5.41, 5.74) is 10.5. The fourth-order valence-electron chi connectivity index (χ4n) is 8.49. The molecule has 3 heteroatoms. The molecule has 0 spiro atoms. The number of nitrogens with zero attached hydrogens (tertiary/aromatic N) is 3. The summed E-state index contributed by atoms with van der Waals surface area (Å²) in [5.74, 6) is 0.843. The van der Waals surface area contributed by atoms with Crippen LogP contribution in [0.15, 0.2) is 200 Å². The van der Waals surface area contributed by atoms with Gasteiger partial charge in [0.05, 0.1) is 0 Å². The van der Waals surface area contributed by atoms with Crippen LogP contribution < -0.4 is 0 Å². The Morgan fingerprint density at radius 2 is 0.818 bits per heavy atom. The first-order valence-electron chi connectivity index (χ1n) is 18.7. The Balaban J connectivity index is 1.27. The zero-order chi connectivity index (χ0) is 36.3. The maximum Gasteiger partial charge on any atom is 0.165 e. The van der Waals surface area contributed by atoms with E-state index in [0.29, 0.717) is 0 Å². The Morgan fingerprint density at radius 3 is 1.40 bits per heavy atom. The molecule has 0 radical (unpaired) electrons. The van der Waals surface area contributed by atoms with Crippen molar-refractivity contribution in [2.24, 2.45) is 0 Å². The maximum absolute atomic E-state index is 5.53. The molecule has 2 heterocycles. The number of fused-ring (bicyclic) bond motifs is 7. The summed E-state index contributed by atoms with van der Waals surface area (Å²) in [6, 6.07) is 69.8. The molecule has 0 fully saturated rings. The van der Waals surface area contributed by atoms with Gasteiger partial charge in [-0.3, -0.25) is 4.57 Å². The lowest BCUT2D eigenvalue weighted by Gasteiger charge is -2.17. The van der Waals surface area contributed by atoms with E-state index in [1.165, 1.54) is 54.2 Å². The van der Waals surface area contributed by atoms with Gasteiger partial charge in [0.1, 0.15) is 11.3 Å². The minimum Gasteiger partial charge on any atom is -0.277 e. The van der Waals surface area contributed by atoms with Crippen molar-refractivity contribution in [3.8, 4) is 50.5 Å². The summed E-state index contributed by atoms with van der Waals surface area (Å²) < 4.78 is 2.22. The van der Waals surface area contributed by atoms with Gasteiger partial charge in [0, 0.05) is 23.0 Å². The number of pyridine rings is 1. The molecule has 0 bridgehead atoms. The molecule has 256 valence electrons. The van der Waals surface area contributed by atoms with E-state index < -0.39 is 0 Å². The van der Waals surface area contributed by atoms with Crippen LogP contribution in [0.4, 0.5) is 0 Å². The summed E-state index contributed by atoms with van der Waals surface area (Å²) >= 11 is 0. The molecule has 55 heavy (non-hydrogen) atoms. The quantitative estimate of drug-likeness (QED) is 0.167. The summed E-state index contributed by atoms with van der Waals surface area (Å²) in [6.45, 7) is 0. The lowest BCUT2D eigenvalue weighted by atomic mass is 9.88. The van der Waals surface area contributed by atoms with E-state index >= 15 is 0 Å². The average molecular weight is 700 g/mol. The molecular weight excluding hydrogens is 667 g/mol. The highest BCUT2D eigenvalue weighted by Crippen LogP contribution is 2.43. The minimum absolute atomic E-state index is 0.821. The predicted octanol–water partition coefficient (Wildman–Crippen LogP) is 13.7. The second-order valence-corrected chi connectivity index (χ2v) is 14.2. The Labute approximate surface area is 318 Å². The number of para-hydroxylation sites is 1. The molecule has 0 aliphatic rings. The molecule has 0 amide bonds. The van der Waals surface area contributed by atoms with Gasteiger partial charge in [-0.15, -0.1) is 0 Å². The number of hydrogen-bond acceptors (Lipinski definition) is 2. The van der Waals surface area contributed by atoms with Crippen molar-refractivity contribution in [3.63, 3.8) is 0 Å². The Bertz CT molecular complexity index is 3110. The molecule has 0 unspecified atom stereocenters. The molecule has 0 atom stereocenters. The van der Waals surface area contributed by atoms with Crippen molar-refractivity contribution in [1.29, 1.82) is 0 Å². The predicted molar refractivity (Wildman–Crippen MR) is 231 cm³/mol. The van der Waals surface area contributed by atoms with Crippen molar-refractivity contribution >= 4 is 54.3 Å². The van der Waals surface area contributed by atoms with Gasteiger partial charge < -0.3 is 0 Å². The molecule has 2 aromatic heterocycles. The molecule has 0 aliphatic heterocycles. The van der Waals surface area contributed by atoms with Crippen LogP contribution in [0.1, 0.15) is 0 Å². The van der Waals surface area contributed by atoms with Crippen molar-refractivity contribution in [2.75, 3.05) is 0 Å². The van der Waals surface area contributed by atoms with Gasteiger partial charge in [-0.05, 0) is 119 Å². The van der Waals surface area contributed by atoms with Crippen LogP contribution in [0.2, 0.25) is 0 Å². The van der Waals surface area contributed by atoms with Gasteiger partial charge in [0.25, 0.3) is 0 Å². The Morgan fingerprint density at radius 1 is 0.345 bits per heavy atom. The van der Waals surface area contributed by atoms with Crippen molar-refractivity contribution in [1.82, 2.24) is 14.5 Å². The smallest absolute Gasteiger partial charge is 0.165 e. The minimum atomic E-state index is 0.821. The van der Waals surface area contributed by atoms with E-state index in [0.717, 1.165) is 50.5 Å². The van der Waals surface area contributed by atoms with Gasteiger partial charge in [-0.25, -0.2) is 9.97 Å². The summed E-state index contributed by atoms with van der Waals surface area (Å²) in [5, 5.41) is 9.86. The number of benzene rings is 9. The summed E-state index contributed by atoms with van der Waals surface area (Å²) in [6.07, 6.45) is 1.90. The Kier molecular flexibility index (Phi) is 7.17. The first-order valence-corrected chi connectivity index (χ1v) is 18.7. The zero-order valence-corrected chi connectivity index (χ0v) is 29.9. The fraction of sp³-hybridized carbons (Fsp3) is 0. The molecule has 11 rings (SSSR count). The lowest BCUT2D eigenvalue weighted by molar-refractivity contribution is 1.08. The van der Waals surface area contributed by atoms with Crippen LogP contribution in [0.25, 0.3) is 105 Å². The largest absolute Gasteiger partial charge is 0.277 e. The van der Waals surface area contributed by atoms with Crippen LogP contribution in [-0.2, 0) is 0 Å². The van der Waals surface area contributed by atoms with Crippen molar-refractivity contribution in [3.05, 3.63) is 200 Å². The number of aromatic nitrogens is 3. The van der Waals surface area contributed by atoms with Crippen molar-refractivity contribution < 1.29 is 0 Å². The van der Waals surface area contributed by atoms with Gasteiger partial charge in [-0.1, -0.05) is 146 Å². The first kappa shape index (κ1) is 31.2. The highest BCUT2D eigenvalue weighted by molar-refractivity contribution is 6.16. The SMILES string of the molecule is c1ccc(-c2ccnc3c2nc(-c2cc(-c4cc5ccccc5c5ccccc45)cc(-c4cc5ccccc5c5ccccc45)c2)n3-c2ccccc2)cc1. The topological polar surface area (TPSA) is 30.7 Å². The van der Waals surface area contributed by atoms with Crippen LogP contribution in [0.3, 0.4) is 0 Å². The normalized spacial score (nSPS) is 11.6. The zero-order valence-electron chi connectivity index (χ0n) is 29.9. The van der Waals surface area contributed by atoms with Crippen molar-refractivity contribution in [2.45, 2.75) is 0 Å². The van der Waals surface area contributed by atoms with E-state index in [2.05, 4.69) is 199 Å². The molecule has 0 aliphatic carbocycles. The van der Waals surface area contributed by atoms with Crippen LogP contribution in [-0.4, -0.2) is 14.5 Å². The van der Waals surface area contributed by atoms with Gasteiger partial charge in [0.2, 0.25) is 0 Å². The third-order valence-electron chi connectivity index (χ3n) is 11.0. The molecule has 11 aromatic rings. The van der Waals surface area contributed by atoms with Gasteiger partial charge in [-0.2, -0.15) is 0 Å². The average Bonchev–Trinajstić information content (AvgIpc) is 3.66. The van der Waals surface area contributed by atoms with E-state index in [9.17, 15) is 0 Å². The number of imidazole rings is 1. The van der Waals surface area contributed by atoms with E-state index in [4.69, 9.17) is 9.97 Å². The number of rotatable bonds is 5. The Hall–Kier alpha value is -7.36. The second-order valence-electron chi connectivity index (χ2n) is 14.2. The van der Waals surface area contributed by atoms with Crippen LogP contribution >= 0.6 is 0 Å². The van der Waals surface area contributed by atoms with Gasteiger partial charge in [0.15, 0.2) is 5.65 Å². The maximum atomic E-state index is 5.53. The fourth-order valence-corrected chi connectivity index (χ4v) is 8.49. The molecule has 0 saturated carbocycles. The second kappa shape index (κ2) is 12.6. The van der Waals surface area contributed by atoms with E-state index in [1.807, 2.05) is 6.20 Å². The molecule has 9 aromatic carbocycles. The third-order valence-corrected chi connectivity index (χ3v) is 11.0. The standard InChI is InChI=1S/C52H33N3/c1-3-15-34(16-4-1)43-27-28-53-52-50(43)54-51(55(52)40-19-5-2-6-20-40)39-30-37(48-32-35-17-7-9-21-41(35)44-23-11-13-25-46(44)48)29-38(31-39)49-33-36-18-8-10-22-42(36)45-24-12-14-26-47(45)49/h1-33H. The van der Waals surface area contributed by atoms with E-state index in [-0.39, 0.29) is 0 Å². The first-order chi connectivity index (χ1) is 27.3. The monoisotopic (exact) mass is 699 g/mol. The highest BCUT2D eigenvalue weighted by Gasteiger charge is 2.21. The molecule has 0 N–H and O–H groups in total. The van der Waals surface area contributed by atoms with Crippen LogP contribution in [0.5, 0.6) is 0 Å². The summed E-state index contributed by atoms with van der Waals surface area (Å²) in [4.78, 5) is 10.5. The highest BCUT2D eigenvalue weighted by atomic mass is 15.1. The summed E-state index contributed by atoms with van der Waals surface area (Å²) in [7, 11) is 0. The molecule has 0 saturated heterocycles. The molecular formula is C52H33N3. The lowest BCUT2D eigenvalue weighted by Crippen LogP contribution is -1.99. The third kappa shape index (κ3) is 5.13. The van der Waals surface area contributed by atoms with Crippen LogP contribution in [0, 0.1) is 0 Å².